The topological polar surface area (TPSA) is 40.0 Å². The van der Waals surface area contributed by atoms with Gasteiger partial charge in [-0.05, 0) is 19.4 Å². The number of hydrogen-bond donors (Lipinski definition) is 1. The van der Waals surface area contributed by atoms with Gasteiger partial charge in [0.1, 0.15) is 6.34 Å². The van der Waals surface area contributed by atoms with E-state index in [1.165, 1.54) is 11.1 Å². The Hall–Kier alpha value is -2.10. The van der Waals surface area contributed by atoms with Gasteiger partial charge in [-0.25, -0.2) is 4.99 Å². The predicted octanol–water partition coefficient (Wildman–Crippen LogP) is 2.28. The molecule has 1 aliphatic heterocycles. The summed E-state index contributed by atoms with van der Waals surface area (Å²) in [5.74, 6) is 0.692. The van der Waals surface area contributed by atoms with E-state index in [1.807, 2.05) is 11.1 Å². The van der Waals surface area contributed by atoms with E-state index in [-0.39, 0.29) is 0 Å². The van der Waals surface area contributed by atoms with Crippen molar-refractivity contribution in [3.63, 3.8) is 0 Å². The van der Waals surface area contributed by atoms with Crippen molar-refractivity contribution in [2.75, 3.05) is 6.54 Å². The van der Waals surface area contributed by atoms with Crippen LogP contribution in [0.4, 0.5) is 0 Å². The van der Waals surface area contributed by atoms with Crippen molar-refractivity contribution in [1.82, 2.24) is 10.4 Å². The highest BCUT2D eigenvalue weighted by Gasteiger charge is 2.13. The molecule has 0 radical (unpaired) electrons. The van der Waals surface area contributed by atoms with Gasteiger partial charge in [-0.2, -0.15) is 0 Å². The lowest BCUT2D eigenvalue weighted by Gasteiger charge is -2.27. The van der Waals surface area contributed by atoms with Crippen molar-refractivity contribution in [2.24, 2.45) is 9.98 Å². The summed E-state index contributed by atoms with van der Waals surface area (Å²) < 4.78 is 0. The number of nitrogens with zero attached hydrogens (tertiary/aromatic N) is 3. The largest absolute Gasteiger partial charge is 0.288 e. The van der Waals surface area contributed by atoms with Crippen LogP contribution < -0.4 is 5.43 Å². The number of nitrogens with one attached hydrogen (secondary N) is 1. The molecule has 1 heterocycles. The molecule has 0 bridgehead atoms. The van der Waals surface area contributed by atoms with Crippen LogP contribution in [0.2, 0.25) is 0 Å². The molecule has 2 rings (SSSR count). The SMILES string of the molecule is C=C1C(=NCc2cccc(C)c2)N=CNN1CC. The second kappa shape index (κ2) is 5.49. The van der Waals surface area contributed by atoms with Crippen LogP contribution >= 0.6 is 0 Å². The van der Waals surface area contributed by atoms with Gasteiger partial charge in [-0.1, -0.05) is 36.4 Å². The van der Waals surface area contributed by atoms with Crippen molar-refractivity contribution in [2.45, 2.75) is 20.4 Å². The molecule has 0 saturated heterocycles. The molecule has 4 heteroatoms. The maximum atomic E-state index is 4.51. The van der Waals surface area contributed by atoms with Crippen LogP contribution in [0.5, 0.6) is 0 Å². The fourth-order valence-corrected chi connectivity index (χ4v) is 1.82. The Labute approximate surface area is 108 Å². The molecule has 0 spiro atoms. The third kappa shape index (κ3) is 2.77. The zero-order chi connectivity index (χ0) is 13.0. The first-order valence-electron chi connectivity index (χ1n) is 6.06. The molecule has 94 valence electrons. The van der Waals surface area contributed by atoms with Crippen LogP contribution in [0.15, 0.2) is 46.5 Å². The van der Waals surface area contributed by atoms with Gasteiger partial charge in [0.2, 0.25) is 0 Å². The number of rotatable bonds is 3. The fraction of sp³-hybridized carbons (Fsp3) is 0.286. The third-order valence-electron chi connectivity index (χ3n) is 2.79. The second-order valence-electron chi connectivity index (χ2n) is 4.21. The molecule has 18 heavy (non-hydrogen) atoms. The Morgan fingerprint density at radius 3 is 3.00 bits per heavy atom. The fourth-order valence-electron chi connectivity index (χ4n) is 1.82. The number of likely N-dealkylation sites (N-methyl/N-ethyl adjacent to an activating group) is 1. The van der Waals surface area contributed by atoms with E-state index in [2.05, 4.69) is 54.0 Å². The first-order valence-corrected chi connectivity index (χ1v) is 6.06. The Kier molecular flexibility index (Phi) is 3.77. The molecule has 0 atom stereocenters. The van der Waals surface area contributed by atoms with E-state index in [1.54, 1.807) is 6.34 Å². The molecule has 1 N–H and O–H groups in total. The summed E-state index contributed by atoms with van der Waals surface area (Å²) in [4.78, 5) is 8.73. The highest BCUT2D eigenvalue weighted by molar-refractivity contribution is 6.03. The van der Waals surface area contributed by atoms with Crippen LogP contribution in [-0.2, 0) is 6.54 Å². The average Bonchev–Trinajstić information content (AvgIpc) is 2.38. The van der Waals surface area contributed by atoms with E-state index >= 15 is 0 Å². The number of aliphatic imine (C=N–C) groups is 2. The molecule has 0 unspecified atom stereocenters. The molecule has 0 fully saturated rings. The smallest absolute Gasteiger partial charge is 0.174 e. The molecule has 0 saturated carbocycles. The summed E-state index contributed by atoms with van der Waals surface area (Å²) >= 11 is 0. The van der Waals surface area contributed by atoms with Gasteiger partial charge < -0.3 is 0 Å². The first kappa shape index (κ1) is 12.4. The Morgan fingerprint density at radius 1 is 1.44 bits per heavy atom. The summed E-state index contributed by atoms with van der Waals surface area (Å²) in [5, 5.41) is 1.92. The van der Waals surface area contributed by atoms with Gasteiger partial charge in [-0.15, -0.1) is 0 Å². The second-order valence-corrected chi connectivity index (χ2v) is 4.21. The molecule has 0 aromatic heterocycles. The maximum absolute atomic E-state index is 4.51. The number of benzene rings is 1. The molecule has 1 aromatic carbocycles. The number of aryl methyl sites for hydroxylation is 1. The van der Waals surface area contributed by atoms with Crippen LogP contribution in [0.3, 0.4) is 0 Å². The van der Waals surface area contributed by atoms with Gasteiger partial charge >= 0.3 is 0 Å². The zero-order valence-corrected chi connectivity index (χ0v) is 10.8. The number of hydrazine groups is 1. The average molecular weight is 242 g/mol. The van der Waals surface area contributed by atoms with Crippen LogP contribution in [0.25, 0.3) is 0 Å². The van der Waals surface area contributed by atoms with Crippen LogP contribution in [0.1, 0.15) is 18.1 Å². The summed E-state index contributed by atoms with van der Waals surface area (Å²) in [6.07, 6.45) is 1.65. The Balaban J connectivity index is 2.12. The molecule has 1 aromatic rings. The minimum absolute atomic E-state index is 0.630. The van der Waals surface area contributed by atoms with Crippen molar-refractivity contribution >= 4 is 12.2 Å². The van der Waals surface area contributed by atoms with E-state index in [9.17, 15) is 0 Å². The van der Waals surface area contributed by atoms with Gasteiger partial charge in [0.05, 0.1) is 12.2 Å². The maximum Gasteiger partial charge on any atom is 0.174 e. The molecule has 4 nitrogen and oxygen atoms in total. The van der Waals surface area contributed by atoms with E-state index in [4.69, 9.17) is 0 Å². The molecular weight excluding hydrogens is 224 g/mol. The summed E-state index contributed by atoms with van der Waals surface area (Å²) in [7, 11) is 0. The van der Waals surface area contributed by atoms with E-state index < -0.39 is 0 Å². The van der Waals surface area contributed by atoms with Crippen molar-refractivity contribution < 1.29 is 0 Å². The monoisotopic (exact) mass is 242 g/mol. The van der Waals surface area contributed by atoms with Gasteiger partial charge in [0.15, 0.2) is 5.84 Å². The molecule has 0 aliphatic carbocycles. The minimum atomic E-state index is 0.630. The van der Waals surface area contributed by atoms with Crippen molar-refractivity contribution in [3.8, 4) is 0 Å². The molecule has 1 aliphatic rings. The lowest BCUT2D eigenvalue weighted by atomic mass is 10.1. The summed E-state index contributed by atoms with van der Waals surface area (Å²) in [6, 6.07) is 8.33. The predicted molar refractivity (Wildman–Crippen MR) is 75.5 cm³/mol. The standard InChI is InChI=1S/C14H18N4/c1-4-18-12(3)14(16-10-17-18)15-9-13-7-5-6-11(2)8-13/h5-8,10H,3-4,9H2,1-2H3,(H,15,16,17). The Morgan fingerprint density at radius 2 is 2.28 bits per heavy atom. The normalized spacial score (nSPS) is 17.1. The number of amidine groups is 1. The molecular formula is C14H18N4. The minimum Gasteiger partial charge on any atom is -0.288 e. The highest BCUT2D eigenvalue weighted by Crippen LogP contribution is 2.09. The number of hydrogen-bond acceptors (Lipinski definition) is 3. The van der Waals surface area contributed by atoms with Crippen molar-refractivity contribution in [1.29, 1.82) is 0 Å². The van der Waals surface area contributed by atoms with E-state index in [0.717, 1.165) is 12.2 Å². The van der Waals surface area contributed by atoms with Crippen molar-refractivity contribution in [3.05, 3.63) is 47.7 Å². The third-order valence-corrected chi connectivity index (χ3v) is 2.79. The summed E-state index contributed by atoms with van der Waals surface area (Å²) in [5.41, 5.74) is 6.26. The van der Waals surface area contributed by atoms with E-state index in [0.29, 0.717) is 12.4 Å². The highest BCUT2D eigenvalue weighted by atomic mass is 15.5. The quantitative estimate of drug-likeness (QED) is 0.883. The van der Waals surface area contributed by atoms with Gasteiger partial charge in [0.25, 0.3) is 0 Å². The Bertz CT molecular complexity index is 502. The first-order chi connectivity index (χ1) is 8.70. The lowest BCUT2D eigenvalue weighted by molar-refractivity contribution is 0.336. The molecule has 0 amide bonds. The summed E-state index contributed by atoms with van der Waals surface area (Å²) in [6.45, 7) is 9.59. The van der Waals surface area contributed by atoms with Crippen LogP contribution in [0, 0.1) is 6.92 Å². The van der Waals surface area contributed by atoms with Gasteiger partial charge in [0, 0.05) is 6.54 Å². The van der Waals surface area contributed by atoms with Crippen LogP contribution in [-0.4, -0.2) is 23.7 Å². The lowest BCUT2D eigenvalue weighted by Crippen LogP contribution is -2.41. The zero-order valence-electron chi connectivity index (χ0n) is 10.8. The van der Waals surface area contributed by atoms with Gasteiger partial charge in [-0.3, -0.25) is 15.4 Å².